The van der Waals surface area contributed by atoms with E-state index < -0.39 is 0 Å². The summed E-state index contributed by atoms with van der Waals surface area (Å²) in [6.07, 6.45) is -0.0364. The van der Waals surface area contributed by atoms with Gasteiger partial charge in [0.15, 0.2) is 0 Å². The molecule has 0 saturated heterocycles. The van der Waals surface area contributed by atoms with Crippen LogP contribution < -0.4 is 10.5 Å². The van der Waals surface area contributed by atoms with Gasteiger partial charge in [0.2, 0.25) is 0 Å². The molecule has 0 spiro atoms. The molecule has 1 aromatic carbocycles. The van der Waals surface area contributed by atoms with E-state index in [0.29, 0.717) is 13.2 Å². The molecule has 3 nitrogen and oxygen atoms in total. The number of ether oxygens (including phenoxy) is 2. The first-order valence-electron chi connectivity index (χ1n) is 5.10. The lowest BCUT2D eigenvalue weighted by Gasteiger charge is -2.15. The van der Waals surface area contributed by atoms with Crippen LogP contribution in [0, 0.1) is 13.8 Å². The van der Waals surface area contributed by atoms with Gasteiger partial charge in [0.05, 0.1) is 0 Å². The summed E-state index contributed by atoms with van der Waals surface area (Å²) < 4.78 is 10.8. The summed E-state index contributed by atoms with van der Waals surface area (Å²) in [4.78, 5) is 0. The van der Waals surface area contributed by atoms with Gasteiger partial charge in [-0.05, 0) is 25.5 Å². The summed E-state index contributed by atoms with van der Waals surface area (Å²) in [5.41, 5.74) is 7.88. The molecule has 0 aliphatic carbocycles. The van der Waals surface area contributed by atoms with Gasteiger partial charge < -0.3 is 15.2 Å². The first kappa shape index (κ1) is 12.0. The van der Waals surface area contributed by atoms with Crippen molar-refractivity contribution in [1.82, 2.24) is 0 Å². The Morgan fingerprint density at radius 3 is 2.60 bits per heavy atom. The fourth-order valence-corrected chi connectivity index (χ4v) is 1.38. The van der Waals surface area contributed by atoms with Crippen molar-refractivity contribution in [1.29, 1.82) is 0 Å². The van der Waals surface area contributed by atoms with Crippen molar-refractivity contribution in [3.63, 3.8) is 0 Å². The molecule has 0 bridgehead atoms. The van der Waals surface area contributed by atoms with Crippen LogP contribution >= 0.6 is 0 Å². The van der Waals surface area contributed by atoms with Gasteiger partial charge in [0, 0.05) is 13.7 Å². The predicted octanol–water partition coefficient (Wildman–Crippen LogP) is 1.66. The van der Waals surface area contributed by atoms with Gasteiger partial charge in [-0.15, -0.1) is 0 Å². The molecule has 0 aliphatic heterocycles. The maximum absolute atomic E-state index is 5.63. The van der Waals surface area contributed by atoms with Crippen molar-refractivity contribution in [3.8, 4) is 5.75 Å². The number of nitrogens with two attached hydrogens (primary N) is 1. The van der Waals surface area contributed by atoms with E-state index in [1.54, 1.807) is 7.11 Å². The zero-order valence-corrected chi connectivity index (χ0v) is 9.62. The largest absolute Gasteiger partial charge is 0.491 e. The lowest BCUT2D eigenvalue weighted by atomic mass is 10.1. The van der Waals surface area contributed by atoms with Crippen molar-refractivity contribution in [2.75, 3.05) is 20.3 Å². The monoisotopic (exact) mass is 209 g/mol. The van der Waals surface area contributed by atoms with Crippen molar-refractivity contribution in [3.05, 3.63) is 29.3 Å². The van der Waals surface area contributed by atoms with Crippen LogP contribution in [0.4, 0.5) is 0 Å². The van der Waals surface area contributed by atoms with Crippen LogP contribution in [-0.4, -0.2) is 26.4 Å². The van der Waals surface area contributed by atoms with Crippen LogP contribution in [-0.2, 0) is 4.74 Å². The molecule has 2 N–H and O–H groups in total. The lowest BCUT2D eigenvalue weighted by Crippen LogP contribution is -2.29. The Labute approximate surface area is 91.2 Å². The van der Waals surface area contributed by atoms with Crippen molar-refractivity contribution < 1.29 is 9.47 Å². The van der Waals surface area contributed by atoms with Gasteiger partial charge >= 0.3 is 0 Å². The summed E-state index contributed by atoms with van der Waals surface area (Å²) in [5.74, 6) is 0.899. The molecule has 0 amide bonds. The van der Waals surface area contributed by atoms with Gasteiger partial charge in [-0.3, -0.25) is 0 Å². The average molecular weight is 209 g/mol. The van der Waals surface area contributed by atoms with Crippen LogP contribution in [0.5, 0.6) is 5.75 Å². The van der Waals surface area contributed by atoms with Crippen LogP contribution in [0.1, 0.15) is 11.1 Å². The molecule has 0 aromatic heterocycles. The van der Waals surface area contributed by atoms with E-state index in [-0.39, 0.29) is 6.10 Å². The highest BCUT2D eigenvalue weighted by Crippen LogP contribution is 2.18. The second kappa shape index (κ2) is 5.73. The minimum atomic E-state index is -0.0364. The summed E-state index contributed by atoms with van der Waals surface area (Å²) in [6.45, 7) is 5.07. The number of methoxy groups -OCH3 is 1. The maximum atomic E-state index is 5.63. The van der Waals surface area contributed by atoms with E-state index >= 15 is 0 Å². The molecule has 3 heteroatoms. The Balaban J connectivity index is 2.57. The minimum Gasteiger partial charge on any atom is -0.491 e. The first-order chi connectivity index (χ1) is 7.17. The summed E-state index contributed by atoms with van der Waals surface area (Å²) in [7, 11) is 1.64. The second-order valence-electron chi connectivity index (χ2n) is 3.67. The molecule has 0 radical (unpaired) electrons. The molecule has 1 unspecified atom stereocenters. The summed E-state index contributed by atoms with van der Waals surface area (Å²) in [5, 5.41) is 0. The topological polar surface area (TPSA) is 44.5 Å². The highest BCUT2D eigenvalue weighted by atomic mass is 16.5. The summed E-state index contributed by atoms with van der Waals surface area (Å²) >= 11 is 0. The number of aryl methyl sites for hydroxylation is 2. The molecule has 15 heavy (non-hydrogen) atoms. The van der Waals surface area contributed by atoms with E-state index in [1.165, 1.54) is 5.56 Å². The zero-order valence-electron chi connectivity index (χ0n) is 9.62. The molecule has 0 fully saturated rings. The smallest absolute Gasteiger partial charge is 0.122 e. The average Bonchev–Trinajstić information content (AvgIpc) is 2.22. The third-order valence-corrected chi connectivity index (χ3v) is 2.35. The van der Waals surface area contributed by atoms with Crippen LogP contribution in [0.25, 0.3) is 0 Å². The van der Waals surface area contributed by atoms with E-state index in [4.69, 9.17) is 15.2 Å². The Bertz CT molecular complexity index is 308. The molecule has 0 heterocycles. The van der Waals surface area contributed by atoms with E-state index in [9.17, 15) is 0 Å². The van der Waals surface area contributed by atoms with Crippen LogP contribution in [0.2, 0.25) is 0 Å². The fourth-order valence-electron chi connectivity index (χ4n) is 1.38. The Kier molecular flexibility index (Phi) is 4.59. The second-order valence-corrected chi connectivity index (χ2v) is 3.67. The van der Waals surface area contributed by atoms with Crippen molar-refractivity contribution in [2.45, 2.75) is 20.0 Å². The Morgan fingerprint density at radius 2 is 2.07 bits per heavy atom. The molecule has 0 saturated carbocycles. The van der Waals surface area contributed by atoms with E-state index in [2.05, 4.69) is 13.0 Å². The van der Waals surface area contributed by atoms with Gasteiger partial charge in [-0.1, -0.05) is 17.7 Å². The molecule has 1 aromatic rings. The highest BCUT2D eigenvalue weighted by Gasteiger charge is 2.06. The first-order valence-corrected chi connectivity index (χ1v) is 5.10. The molecular formula is C12H19NO2. The van der Waals surface area contributed by atoms with Gasteiger partial charge in [-0.25, -0.2) is 0 Å². The Morgan fingerprint density at radius 1 is 1.33 bits per heavy atom. The van der Waals surface area contributed by atoms with Crippen LogP contribution in [0.3, 0.4) is 0 Å². The zero-order chi connectivity index (χ0) is 11.3. The quantitative estimate of drug-likeness (QED) is 0.802. The number of hydrogen-bond donors (Lipinski definition) is 1. The number of hydrogen-bond acceptors (Lipinski definition) is 3. The minimum absolute atomic E-state index is 0.0364. The summed E-state index contributed by atoms with van der Waals surface area (Å²) in [6, 6.07) is 6.11. The molecule has 1 rings (SSSR count). The normalized spacial score (nSPS) is 12.5. The fraction of sp³-hybridized carbons (Fsp3) is 0.500. The van der Waals surface area contributed by atoms with Crippen molar-refractivity contribution >= 4 is 0 Å². The maximum Gasteiger partial charge on any atom is 0.122 e. The third kappa shape index (κ3) is 3.53. The van der Waals surface area contributed by atoms with E-state index in [1.807, 2.05) is 19.1 Å². The standard InChI is InChI=1S/C12H19NO2/c1-9-4-5-12(10(2)6-9)15-8-11(7-13)14-3/h4-6,11H,7-8,13H2,1-3H3. The Hall–Kier alpha value is -1.06. The highest BCUT2D eigenvalue weighted by molar-refractivity contribution is 5.35. The van der Waals surface area contributed by atoms with Gasteiger partial charge in [-0.2, -0.15) is 0 Å². The third-order valence-electron chi connectivity index (χ3n) is 2.35. The van der Waals surface area contributed by atoms with E-state index in [0.717, 1.165) is 11.3 Å². The van der Waals surface area contributed by atoms with Gasteiger partial charge in [0.25, 0.3) is 0 Å². The molecule has 1 atom stereocenters. The lowest BCUT2D eigenvalue weighted by molar-refractivity contribution is 0.0641. The molecule has 84 valence electrons. The van der Waals surface area contributed by atoms with Crippen LogP contribution in [0.15, 0.2) is 18.2 Å². The predicted molar refractivity (Wildman–Crippen MR) is 61.3 cm³/mol. The number of rotatable bonds is 5. The SMILES string of the molecule is COC(CN)COc1ccc(C)cc1C. The molecule has 0 aliphatic rings. The number of benzene rings is 1. The molecular weight excluding hydrogens is 190 g/mol. The van der Waals surface area contributed by atoms with Crippen molar-refractivity contribution in [2.24, 2.45) is 5.73 Å². The van der Waals surface area contributed by atoms with Gasteiger partial charge in [0.1, 0.15) is 18.5 Å².